The molecule has 1 aromatic heterocycles. The van der Waals surface area contributed by atoms with Crippen LogP contribution in [0, 0.1) is 13.8 Å². The standard InChI is InChI=1S/C38H45N2O2S2.BrH/c1-5-40(6-2,29-33-25-30(3)24-31(4)26-33)23-13-12-22-39(28-32-18-19-34-14-10-11-17-36(34)27-32)44(41,42)38-21-20-37(43-38)35-15-8-7-9-16-35;/h7-11,14-21,24-27H,5-6,12-13,22-23,28-29H2,1-4H3;1H/q+1;/p-1. The maximum Gasteiger partial charge on any atom is 0.252 e. The second-order valence-corrected chi connectivity index (χ2v) is 15.3. The van der Waals surface area contributed by atoms with Gasteiger partial charge in [-0.15, -0.1) is 11.3 Å². The van der Waals surface area contributed by atoms with E-state index >= 15 is 0 Å². The quantitative estimate of drug-likeness (QED) is 0.102. The Morgan fingerprint density at radius 3 is 2.07 bits per heavy atom. The summed E-state index contributed by atoms with van der Waals surface area (Å²) < 4.78 is 31.5. The molecule has 5 aromatic rings. The van der Waals surface area contributed by atoms with Gasteiger partial charge in [-0.05, 0) is 80.6 Å². The number of benzene rings is 4. The summed E-state index contributed by atoms with van der Waals surface area (Å²) in [4.78, 5) is 0.967. The van der Waals surface area contributed by atoms with Gasteiger partial charge >= 0.3 is 0 Å². The molecule has 0 radical (unpaired) electrons. The number of rotatable bonds is 14. The first-order chi connectivity index (χ1) is 21.2. The lowest BCUT2D eigenvalue weighted by atomic mass is 10.1. The Hall–Kier alpha value is -2.81. The summed E-state index contributed by atoms with van der Waals surface area (Å²) in [6, 6.07) is 35.1. The highest BCUT2D eigenvalue weighted by Gasteiger charge is 2.28. The first kappa shape index (κ1) is 35.1. The van der Waals surface area contributed by atoms with Gasteiger partial charge in [0.25, 0.3) is 10.0 Å². The van der Waals surface area contributed by atoms with Crippen molar-refractivity contribution >= 4 is 32.1 Å². The number of sulfonamides is 1. The molecule has 0 amide bonds. The third-order valence-corrected chi connectivity index (χ3v) is 12.3. The highest BCUT2D eigenvalue weighted by atomic mass is 79.9. The number of nitrogens with zero attached hydrogens (tertiary/aromatic N) is 2. The van der Waals surface area contributed by atoms with E-state index in [-0.39, 0.29) is 17.0 Å². The summed E-state index contributed by atoms with van der Waals surface area (Å²) >= 11 is 1.36. The average molecular weight is 706 g/mol. The van der Waals surface area contributed by atoms with Gasteiger partial charge in [-0.25, -0.2) is 8.42 Å². The zero-order valence-corrected chi connectivity index (χ0v) is 30.1. The van der Waals surface area contributed by atoms with Crippen molar-refractivity contribution in [3.63, 3.8) is 0 Å². The molecule has 4 aromatic carbocycles. The molecule has 0 saturated heterocycles. The number of hydrogen-bond acceptors (Lipinski definition) is 3. The van der Waals surface area contributed by atoms with Crippen molar-refractivity contribution in [3.8, 4) is 10.4 Å². The summed E-state index contributed by atoms with van der Waals surface area (Å²) in [6.07, 6.45) is 1.78. The van der Waals surface area contributed by atoms with E-state index in [0.29, 0.717) is 17.3 Å². The highest BCUT2D eigenvalue weighted by Crippen LogP contribution is 2.33. The van der Waals surface area contributed by atoms with Crippen molar-refractivity contribution in [2.45, 2.75) is 57.8 Å². The minimum atomic E-state index is -3.68. The minimum Gasteiger partial charge on any atom is -1.00 e. The molecule has 0 atom stereocenters. The van der Waals surface area contributed by atoms with Crippen LogP contribution in [-0.2, 0) is 23.1 Å². The molecule has 0 spiro atoms. The maximum absolute atomic E-state index is 14.2. The Morgan fingerprint density at radius 2 is 1.38 bits per heavy atom. The molecule has 5 rings (SSSR count). The second kappa shape index (κ2) is 15.7. The summed E-state index contributed by atoms with van der Waals surface area (Å²) in [5.41, 5.74) is 6.05. The predicted molar refractivity (Wildman–Crippen MR) is 186 cm³/mol. The summed E-state index contributed by atoms with van der Waals surface area (Å²) in [5.74, 6) is 0. The Kier molecular flexibility index (Phi) is 12.2. The van der Waals surface area contributed by atoms with E-state index in [2.05, 4.69) is 76.2 Å². The molecule has 0 aliphatic heterocycles. The Morgan fingerprint density at radius 1 is 0.711 bits per heavy atom. The molecule has 1 heterocycles. The van der Waals surface area contributed by atoms with Crippen LogP contribution in [0.15, 0.2) is 107 Å². The molecule has 0 N–H and O–H groups in total. The monoisotopic (exact) mass is 704 g/mol. The van der Waals surface area contributed by atoms with Gasteiger partial charge in [-0.3, -0.25) is 0 Å². The van der Waals surface area contributed by atoms with Crippen molar-refractivity contribution < 1.29 is 29.9 Å². The van der Waals surface area contributed by atoms with Gasteiger partial charge < -0.3 is 21.5 Å². The number of quaternary nitrogens is 1. The van der Waals surface area contributed by atoms with Crippen LogP contribution in [0.2, 0.25) is 0 Å². The maximum atomic E-state index is 14.2. The third-order valence-electron chi connectivity index (χ3n) is 8.84. The van der Waals surface area contributed by atoms with E-state index in [1.54, 1.807) is 10.4 Å². The number of unbranched alkanes of at least 4 members (excludes halogenated alkanes) is 1. The van der Waals surface area contributed by atoms with Crippen LogP contribution < -0.4 is 17.0 Å². The van der Waals surface area contributed by atoms with Gasteiger partial charge in [-0.2, -0.15) is 4.31 Å². The Balaban J connectivity index is 0.00000461. The van der Waals surface area contributed by atoms with Crippen molar-refractivity contribution in [1.82, 2.24) is 4.31 Å². The molecular weight excluding hydrogens is 660 g/mol. The number of halogens is 1. The second-order valence-electron chi connectivity index (χ2n) is 12.1. The summed E-state index contributed by atoms with van der Waals surface area (Å²) in [5, 5.41) is 2.29. The van der Waals surface area contributed by atoms with Gasteiger partial charge in [0.05, 0.1) is 19.6 Å². The van der Waals surface area contributed by atoms with Crippen molar-refractivity contribution in [3.05, 3.63) is 125 Å². The number of hydrogen-bond donors (Lipinski definition) is 0. The topological polar surface area (TPSA) is 37.4 Å². The van der Waals surface area contributed by atoms with Crippen molar-refractivity contribution in [1.29, 1.82) is 0 Å². The first-order valence-electron chi connectivity index (χ1n) is 15.8. The Labute approximate surface area is 284 Å². The molecule has 7 heteroatoms. The molecule has 0 fully saturated rings. The largest absolute Gasteiger partial charge is 1.00 e. The van der Waals surface area contributed by atoms with Crippen molar-refractivity contribution in [2.24, 2.45) is 0 Å². The van der Waals surface area contributed by atoms with Gasteiger partial charge in [0.1, 0.15) is 10.8 Å². The minimum absolute atomic E-state index is 0. The van der Waals surface area contributed by atoms with Crippen LogP contribution in [0.4, 0.5) is 0 Å². The molecule has 0 bridgehead atoms. The summed E-state index contributed by atoms with van der Waals surface area (Å²) in [7, 11) is -3.68. The average Bonchev–Trinajstić information content (AvgIpc) is 3.53. The van der Waals surface area contributed by atoms with E-state index in [1.807, 2.05) is 48.5 Å². The van der Waals surface area contributed by atoms with Crippen LogP contribution in [0.5, 0.6) is 0 Å². The molecule has 0 aliphatic carbocycles. The SMILES string of the molecule is CC[N+](CC)(CCCCN(Cc1ccc2ccccc2c1)S(=O)(=O)c1ccc(-c2ccccc2)s1)Cc1cc(C)cc(C)c1.[Br-]. The van der Waals surface area contributed by atoms with Crippen LogP contribution in [0.25, 0.3) is 21.2 Å². The molecule has 238 valence electrons. The number of aryl methyl sites for hydroxylation is 2. The van der Waals surface area contributed by atoms with Crippen LogP contribution >= 0.6 is 11.3 Å². The van der Waals surface area contributed by atoms with Crippen LogP contribution in [0.3, 0.4) is 0 Å². The van der Waals surface area contributed by atoms with Crippen LogP contribution in [0.1, 0.15) is 48.9 Å². The Bertz CT molecular complexity index is 1780. The van der Waals surface area contributed by atoms with E-state index in [1.165, 1.54) is 28.0 Å². The van der Waals surface area contributed by atoms with Gasteiger partial charge in [-0.1, -0.05) is 96.1 Å². The fourth-order valence-electron chi connectivity index (χ4n) is 6.29. The highest BCUT2D eigenvalue weighted by molar-refractivity contribution is 7.91. The lowest BCUT2D eigenvalue weighted by Gasteiger charge is -2.37. The molecule has 0 aliphatic rings. The van der Waals surface area contributed by atoms with E-state index in [0.717, 1.165) is 70.3 Å². The van der Waals surface area contributed by atoms with Gasteiger partial charge in [0, 0.05) is 23.5 Å². The van der Waals surface area contributed by atoms with Gasteiger partial charge in [0.2, 0.25) is 0 Å². The van der Waals surface area contributed by atoms with Gasteiger partial charge in [0.15, 0.2) is 0 Å². The fourth-order valence-corrected chi connectivity index (χ4v) is 9.23. The molecule has 45 heavy (non-hydrogen) atoms. The lowest BCUT2D eigenvalue weighted by molar-refractivity contribution is -0.938. The third kappa shape index (κ3) is 8.72. The van der Waals surface area contributed by atoms with E-state index in [4.69, 9.17) is 0 Å². The number of thiophene rings is 1. The molecule has 0 saturated carbocycles. The lowest BCUT2D eigenvalue weighted by Crippen LogP contribution is -3.00. The smallest absolute Gasteiger partial charge is 0.252 e. The fraction of sp³-hybridized carbons (Fsp3) is 0.316. The zero-order valence-electron chi connectivity index (χ0n) is 26.9. The number of fused-ring (bicyclic) bond motifs is 1. The predicted octanol–water partition coefficient (Wildman–Crippen LogP) is 6.22. The van der Waals surface area contributed by atoms with Crippen LogP contribution in [-0.4, -0.2) is 43.4 Å². The van der Waals surface area contributed by atoms with E-state index < -0.39 is 10.0 Å². The normalized spacial score (nSPS) is 12.0. The molecule has 4 nitrogen and oxygen atoms in total. The molecular formula is C38H45BrN2O2S2. The zero-order chi connectivity index (χ0) is 31.2. The molecule has 0 unspecified atom stereocenters. The summed E-state index contributed by atoms with van der Waals surface area (Å²) in [6.45, 7) is 13.9. The van der Waals surface area contributed by atoms with E-state index in [9.17, 15) is 8.42 Å². The van der Waals surface area contributed by atoms with Crippen molar-refractivity contribution in [2.75, 3.05) is 26.2 Å². The first-order valence-corrected chi connectivity index (χ1v) is 18.0.